The van der Waals surface area contributed by atoms with Gasteiger partial charge in [0.1, 0.15) is 11.9 Å². The number of nitrogens with one attached hydrogen (secondary N) is 2. The minimum atomic E-state index is -3.61. The third-order valence-corrected chi connectivity index (χ3v) is 6.61. The van der Waals surface area contributed by atoms with E-state index in [1.807, 2.05) is 4.90 Å². The number of H-pyrrole nitrogens is 1. The van der Waals surface area contributed by atoms with Gasteiger partial charge in [-0.15, -0.1) is 0 Å². The molecule has 5 N–H and O–H groups in total. The van der Waals surface area contributed by atoms with Crippen LogP contribution < -0.4 is 21.5 Å². The van der Waals surface area contributed by atoms with E-state index in [9.17, 15) is 14.3 Å². The van der Waals surface area contributed by atoms with Crippen molar-refractivity contribution in [3.63, 3.8) is 0 Å². The molecular weight excluding hydrogens is 441 g/mol. The van der Waals surface area contributed by atoms with E-state index in [1.165, 1.54) is 0 Å². The normalized spacial score (nSPS) is 31.5. The molecule has 180 valence electrons. The number of nitrogens with two attached hydrogens (primary N) is 1. The third-order valence-electron chi connectivity index (χ3n) is 5.98. The number of anilines is 3. The molecule has 0 bridgehead atoms. The quantitative estimate of drug-likeness (QED) is 0.300. The number of nitrogens with zero attached hydrogens (tertiary/aromatic N) is 2. The van der Waals surface area contributed by atoms with Crippen LogP contribution in [0.5, 0.6) is 0 Å². The number of aromatic nitrogens is 2. The summed E-state index contributed by atoms with van der Waals surface area (Å²) >= 11 is 0. The minimum Gasteiger partial charge on any atom is -0.379 e. The van der Waals surface area contributed by atoms with E-state index in [2.05, 4.69) is 22.2 Å². The maximum Gasteiger partial charge on any atom is 0.325 e. The van der Waals surface area contributed by atoms with Crippen molar-refractivity contribution in [3.05, 3.63) is 10.4 Å². The van der Waals surface area contributed by atoms with Crippen LogP contribution in [0.1, 0.15) is 32.6 Å². The topological polar surface area (TPSA) is 161 Å². The monoisotopic (exact) mass is 473 g/mol. The molecule has 12 nitrogen and oxygen atoms in total. The largest absolute Gasteiger partial charge is 0.379 e. The highest BCUT2D eigenvalue weighted by atomic mass is 31.2. The second kappa shape index (κ2) is 9.66. The summed E-state index contributed by atoms with van der Waals surface area (Å²) in [4.78, 5) is 30.3. The molecule has 5 unspecified atom stereocenters. The predicted molar refractivity (Wildman–Crippen MR) is 118 cm³/mol. The van der Waals surface area contributed by atoms with E-state index < -0.39 is 13.8 Å². The van der Waals surface area contributed by atoms with E-state index in [0.29, 0.717) is 44.2 Å². The van der Waals surface area contributed by atoms with Crippen molar-refractivity contribution >= 4 is 25.0 Å². The van der Waals surface area contributed by atoms with Gasteiger partial charge in [-0.05, 0) is 32.6 Å². The zero-order chi connectivity index (χ0) is 22.9. The lowest BCUT2D eigenvalue weighted by Gasteiger charge is -2.29. The Kier molecular flexibility index (Phi) is 7.09. The SMILES string of the molecule is CC1CCC(COCC[C@@H]2CC(COP(C)(=O)O)OC2N2CNc3c2nc(N)[nH]c3=O)O1. The second-order valence-corrected chi connectivity index (χ2v) is 10.6. The van der Waals surface area contributed by atoms with Gasteiger partial charge in [0.25, 0.3) is 5.56 Å². The molecule has 4 rings (SSSR count). The minimum absolute atomic E-state index is 0.00496. The number of fused-ring (bicyclic) bond motifs is 1. The second-order valence-electron chi connectivity index (χ2n) is 8.71. The first kappa shape index (κ1) is 23.5. The fourth-order valence-electron chi connectivity index (χ4n) is 4.49. The van der Waals surface area contributed by atoms with Crippen molar-refractivity contribution in [2.45, 2.75) is 57.1 Å². The Hall–Kier alpha value is -1.69. The zero-order valence-corrected chi connectivity index (χ0v) is 19.3. The molecule has 3 aliphatic heterocycles. The van der Waals surface area contributed by atoms with Crippen molar-refractivity contribution in [3.8, 4) is 0 Å². The number of hydrogen-bond donors (Lipinski definition) is 4. The summed E-state index contributed by atoms with van der Waals surface area (Å²) in [6, 6.07) is 0. The first-order valence-electron chi connectivity index (χ1n) is 10.9. The molecule has 4 heterocycles. The maximum absolute atomic E-state index is 12.2. The van der Waals surface area contributed by atoms with Crippen molar-refractivity contribution < 1.29 is 28.2 Å². The van der Waals surface area contributed by atoms with Crippen LogP contribution in [-0.4, -0.2) is 72.6 Å². The van der Waals surface area contributed by atoms with Gasteiger partial charge in [-0.25, -0.2) is 0 Å². The fraction of sp³-hybridized carbons (Fsp3) is 0.789. The Morgan fingerprint density at radius 3 is 2.84 bits per heavy atom. The van der Waals surface area contributed by atoms with Crippen LogP contribution in [0.2, 0.25) is 0 Å². The molecule has 0 amide bonds. The molecule has 2 saturated heterocycles. The molecule has 0 radical (unpaired) electrons. The van der Waals surface area contributed by atoms with Crippen LogP contribution in [0.25, 0.3) is 0 Å². The van der Waals surface area contributed by atoms with Crippen molar-refractivity contribution in [1.82, 2.24) is 9.97 Å². The van der Waals surface area contributed by atoms with Crippen LogP contribution in [0.15, 0.2) is 4.79 Å². The van der Waals surface area contributed by atoms with Crippen LogP contribution in [0.4, 0.5) is 17.5 Å². The molecule has 0 spiro atoms. The Bertz CT molecular complexity index is 909. The lowest BCUT2D eigenvalue weighted by Crippen LogP contribution is -2.40. The highest BCUT2D eigenvalue weighted by Gasteiger charge is 2.42. The average molecular weight is 473 g/mol. The number of hydrogen-bond acceptors (Lipinski definition) is 10. The van der Waals surface area contributed by atoms with E-state index >= 15 is 0 Å². The van der Waals surface area contributed by atoms with Gasteiger partial charge in [0.15, 0.2) is 5.82 Å². The van der Waals surface area contributed by atoms with Crippen LogP contribution in [0, 0.1) is 5.92 Å². The Morgan fingerprint density at radius 2 is 2.12 bits per heavy atom. The van der Waals surface area contributed by atoms with Gasteiger partial charge in [0, 0.05) is 19.2 Å². The summed E-state index contributed by atoms with van der Waals surface area (Å²) in [5.41, 5.74) is 5.75. The Labute approximate surface area is 186 Å². The Balaban J connectivity index is 1.41. The van der Waals surface area contributed by atoms with Gasteiger partial charge >= 0.3 is 7.60 Å². The van der Waals surface area contributed by atoms with E-state index in [0.717, 1.165) is 19.5 Å². The summed E-state index contributed by atoms with van der Waals surface area (Å²) in [7, 11) is -3.61. The molecule has 0 saturated carbocycles. The van der Waals surface area contributed by atoms with Gasteiger partial charge in [-0.2, -0.15) is 4.98 Å². The van der Waals surface area contributed by atoms with Crippen molar-refractivity contribution in [2.24, 2.45) is 5.92 Å². The van der Waals surface area contributed by atoms with Crippen LogP contribution >= 0.6 is 7.60 Å². The number of aromatic amines is 1. The number of nitrogen functional groups attached to an aromatic ring is 1. The standard InChI is InChI=1S/C19H32N5O7P/c1-11-3-4-13(30-11)8-28-6-5-12-7-14(9-29-32(2,26)27)31-18(12)24-10-21-15-16(24)22-19(20)23-17(15)25/h11-14,18,21H,3-10H2,1-2H3,(H,26,27)(H3,20,22,23,25)/t11?,12-,13?,14?,18?/m1/s1. The van der Waals surface area contributed by atoms with E-state index in [-0.39, 0.29) is 42.3 Å². The summed E-state index contributed by atoms with van der Waals surface area (Å²) in [5, 5.41) is 3.04. The lowest BCUT2D eigenvalue weighted by atomic mass is 9.99. The first-order chi connectivity index (χ1) is 15.2. The molecule has 3 aliphatic rings. The van der Waals surface area contributed by atoms with Gasteiger partial charge < -0.3 is 39.6 Å². The highest BCUT2D eigenvalue weighted by molar-refractivity contribution is 7.51. The van der Waals surface area contributed by atoms with Gasteiger partial charge in [0.05, 0.1) is 38.2 Å². The van der Waals surface area contributed by atoms with Gasteiger partial charge in [-0.1, -0.05) is 0 Å². The summed E-state index contributed by atoms with van der Waals surface area (Å²) in [6.45, 7) is 4.64. The zero-order valence-electron chi connectivity index (χ0n) is 18.4. The first-order valence-corrected chi connectivity index (χ1v) is 13.0. The molecule has 6 atom stereocenters. The van der Waals surface area contributed by atoms with Crippen LogP contribution in [-0.2, 0) is 23.3 Å². The van der Waals surface area contributed by atoms with Crippen LogP contribution in [0.3, 0.4) is 0 Å². The van der Waals surface area contributed by atoms with Crippen molar-refractivity contribution in [1.29, 1.82) is 0 Å². The Morgan fingerprint density at radius 1 is 1.31 bits per heavy atom. The molecule has 1 aromatic heterocycles. The molecule has 1 aromatic rings. The molecular formula is C19H32N5O7P. The average Bonchev–Trinajstić information content (AvgIpc) is 3.41. The van der Waals surface area contributed by atoms with Gasteiger partial charge in [-0.3, -0.25) is 14.3 Å². The summed E-state index contributed by atoms with van der Waals surface area (Å²) < 4.78 is 34.5. The maximum atomic E-state index is 12.2. The fourth-order valence-corrected chi connectivity index (χ4v) is 4.93. The van der Waals surface area contributed by atoms with E-state index in [1.54, 1.807) is 0 Å². The van der Waals surface area contributed by atoms with Gasteiger partial charge in [0.2, 0.25) is 5.95 Å². The molecule has 2 fully saturated rings. The van der Waals surface area contributed by atoms with E-state index in [4.69, 9.17) is 24.5 Å². The lowest BCUT2D eigenvalue weighted by molar-refractivity contribution is -0.0168. The number of ether oxygens (including phenoxy) is 3. The third kappa shape index (κ3) is 5.62. The number of rotatable bonds is 9. The van der Waals surface area contributed by atoms with Crippen molar-refractivity contribution in [2.75, 3.05) is 49.1 Å². The summed E-state index contributed by atoms with van der Waals surface area (Å²) in [5.74, 6) is 0.496. The predicted octanol–water partition coefficient (Wildman–Crippen LogP) is 1.08. The molecule has 13 heteroatoms. The molecule has 0 aliphatic carbocycles. The summed E-state index contributed by atoms with van der Waals surface area (Å²) in [6.07, 6.45) is 3.03. The highest BCUT2D eigenvalue weighted by Crippen LogP contribution is 2.41. The molecule has 0 aromatic carbocycles. The molecule has 32 heavy (non-hydrogen) atoms. The smallest absolute Gasteiger partial charge is 0.325 e.